The minimum Gasteiger partial charge on any atom is -0.466 e. The Balaban J connectivity index is 2.72. The molecule has 16 heavy (non-hydrogen) atoms. The monoisotopic (exact) mass is 242 g/mol. The van der Waals surface area contributed by atoms with Crippen molar-refractivity contribution < 1.29 is 14.6 Å². The molecule has 1 unspecified atom stereocenters. The maximum atomic E-state index is 11.2. The number of aliphatic hydroxyl groups excluding tert-OH is 1. The van der Waals surface area contributed by atoms with Crippen LogP contribution in [-0.4, -0.2) is 17.7 Å². The van der Waals surface area contributed by atoms with Gasteiger partial charge in [-0.15, -0.1) is 0 Å². The van der Waals surface area contributed by atoms with E-state index in [1.54, 1.807) is 25.1 Å². The van der Waals surface area contributed by atoms with Gasteiger partial charge in [-0.25, -0.2) is 0 Å². The Morgan fingerprint density at radius 3 is 2.75 bits per heavy atom. The van der Waals surface area contributed by atoms with Crippen LogP contribution >= 0.6 is 11.6 Å². The van der Waals surface area contributed by atoms with Crippen LogP contribution in [0.25, 0.3) is 0 Å². The molecule has 0 aliphatic carbocycles. The maximum absolute atomic E-state index is 11.2. The fourth-order valence-corrected chi connectivity index (χ4v) is 1.75. The molecule has 4 heteroatoms. The van der Waals surface area contributed by atoms with Crippen LogP contribution < -0.4 is 0 Å². The Morgan fingerprint density at radius 2 is 2.19 bits per heavy atom. The van der Waals surface area contributed by atoms with Gasteiger partial charge < -0.3 is 9.84 Å². The van der Waals surface area contributed by atoms with Crippen molar-refractivity contribution in [2.45, 2.75) is 26.4 Å². The van der Waals surface area contributed by atoms with E-state index in [-0.39, 0.29) is 6.42 Å². The number of ether oxygens (including phenoxy) is 1. The second-order valence-electron chi connectivity index (χ2n) is 3.59. The Hall–Kier alpha value is -1.06. The second-order valence-corrected chi connectivity index (χ2v) is 4.02. The minimum absolute atomic E-state index is 0.0480. The fraction of sp³-hybridized carbons (Fsp3) is 0.417. The number of hydrogen-bond acceptors (Lipinski definition) is 3. The number of benzene rings is 1. The smallest absolute Gasteiger partial charge is 0.308 e. The zero-order chi connectivity index (χ0) is 12.1. The van der Waals surface area contributed by atoms with Gasteiger partial charge in [0.1, 0.15) is 0 Å². The molecule has 0 amide bonds. The molecule has 0 aromatic heterocycles. The van der Waals surface area contributed by atoms with Crippen LogP contribution in [0.4, 0.5) is 0 Å². The van der Waals surface area contributed by atoms with Gasteiger partial charge in [-0.2, -0.15) is 0 Å². The first kappa shape index (κ1) is 13.0. The molecule has 0 fully saturated rings. The van der Waals surface area contributed by atoms with Crippen molar-refractivity contribution in [2.75, 3.05) is 6.61 Å². The van der Waals surface area contributed by atoms with E-state index in [4.69, 9.17) is 16.3 Å². The zero-order valence-corrected chi connectivity index (χ0v) is 10.1. The molecular weight excluding hydrogens is 228 g/mol. The molecule has 1 aromatic carbocycles. The van der Waals surface area contributed by atoms with Gasteiger partial charge in [0.2, 0.25) is 0 Å². The van der Waals surface area contributed by atoms with Gasteiger partial charge in [0.25, 0.3) is 0 Å². The van der Waals surface area contributed by atoms with Crippen LogP contribution in [-0.2, 0) is 9.53 Å². The molecule has 0 saturated heterocycles. The minimum atomic E-state index is -0.864. The summed E-state index contributed by atoms with van der Waals surface area (Å²) in [6.07, 6.45) is -0.912. The molecule has 88 valence electrons. The average Bonchev–Trinajstić information content (AvgIpc) is 2.16. The van der Waals surface area contributed by atoms with Crippen molar-refractivity contribution in [1.29, 1.82) is 0 Å². The Morgan fingerprint density at radius 1 is 1.50 bits per heavy atom. The van der Waals surface area contributed by atoms with Crippen LogP contribution in [0, 0.1) is 6.92 Å². The highest BCUT2D eigenvalue weighted by Crippen LogP contribution is 2.22. The first-order valence-electron chi connectivity index (χ1n) is 5.13. The van der Waals surface area contributed by atoms with Crippen LogP contribution in [0.5, 0.6) is 0 Å². The van der Waals surface area contributed by atoms with E-state index in [0.29, 0.717) is 17.2 Å². The number of aliphatic hydroxyl groups is 1. The zero-order valence-electron chi connectivity index (χ0n) is 9.37. The molecule has 1 rings (SSSR count). The lowest BCUT2D eigenvalue weighted by Crippen LogP contribution is -2.10. The van der Waals surface area contributed by atoms with Gasteiger partial charge in [-0.05, 0) is 37.1 Å². The molecule has 1 aromatic rings. The molecule has 0 aliphatic rings. The van der Waals surface area contributed by atoms with Gasteiger partial charge in [0.15, 0.2) is 0 Å². The van der Waals surface area contributed by atoms with Gasteiger partial charge >= 0.3 is 5.97 Å². The lowest BCUT2D eigenvalue weighted by Gasteiger charge is -2.11. The van der Waals surface area contributed by atoms with Gasteiger partial charge in [0.05, 0.1) is 19.1 Å². The van der Waals surface area contributed by atoms with Crippen molar-refractivity contribution in [2.24, 2.45) is 0 Å². The lowest BCUT2D eigenvalue weighted by molar-refractivity contribution is -0.145. The third-order valence-electron chi connectivity index (χ3n) is 2.11. The third kappa shape index (κ3) is 3.83. The number of carbonyl (C=O) groups excluding carboxylic acids is 1. The van der Waals surface area contributed by atoms with E-state index in [1.165, 1.54) is 0 Å². The lowest BCUT2D eigenvalue weighted by atomic mass is 10.0. The number of halogens is 1. The molecule has 3 nitrogen and oxygen atoms in total. The van der Waals surface area contributed by atoms with E-state index in [0.717, 1.165) is 5.56 Å². The predicted molar refractivity (Wildman–Crippen MR) is 62.4 cm³/mol. The summed E-state index contributed by atoms with van der Waals surface area (Å²) in [4.78, 5) is 11.2. The molecule has 1 N–H and O–H groups in total. The van der Waals surface area contributed by atoms with E-state index in [9.17, 15) is 9.90 Å². The quantitative estimate of drug-likeness (QED) is 0.826. The largest absolute Gasteiger partial charge is 0.466 e. The van der Waals surface area contributed by atoms with Crippen molar-refractivity contribution in [3.63, 3.8) is 0 Å². The molecule has 0 saturated carbocycles. The highest BCUT2D eigenvalue weighted by atomic mass is 35.5. The second kappa shape index (κ2) is 5.87. The standard InChI is InChI=1S/C12H15ClO3/c1-3-16-12(15)7-11(14)9-4-8(2)5-10(13)6-9/h4-6,11,14H,3,7H2,1-2H3. The van der Waals surface area contributed by atoms with Crippen molar-refractivity contribution >= 4 is 17.6 Å². The topological polar surface area (TPSA) is 46.5 Å². The Kier molecular flexibility index (Phi) is 4.77. The fourth-order valence-electron chi connectivity index (χ4n) is 1.45. The van der Waals surface area contributed by atoms with Crippen molar-refractivity contribution in [3.8, 4) is 0 Å². The van der Waals surface area contributed by atoms with Crippen LogP contribution in [0.15, 0.2) is 18.2 Å². The van der Waals surface area contributed by atoms with Crippen molar-refractivity contribution in [1.82, 2.24) is 0 Å². The summed E-state index contributed by atoms with van der Waals surface area (Å²) in [6.45, 7) is 3.93. The van der Waals surface area contributed by atoms with E-state index < -0.39 is 12.1 Å². The number of rotatable bonds is 4. The van der Waals surface area contributed by atoms with Crippen LogP contribution in [0.1, 0.15) is 30.6 Å². The first-order valence-corrected chi connectivity index (χ1v) is 5.51. The Bertz CT molecular complexity index is 356. The van der Waals surface area contributed by atoms with Gasteiger partial charge in [0, 0.05) is 5.02 Å². The number of hydrogen-bond donors (Lipinski definition) is 1. The van der Waals surface area contributed by atoms with Crippen LogP contribution in [0.2, 0.25) is 5.02 Å². The maximum Gasteiger partial charge on any atom is 0.308 e. The Labute approximate surface area is 100.0 Å². The SMILES string of the molecule is CCOC(=O)CC(O)c1cc(C)cc(Cl)c1. The van der Waals surface area contributed by atoms with Gasteiger partial charge in [-0.1, -0.05) is 17.7 Å². The summed E-state index contributed by atoms with van der Waals surface area (Å²) in [5.41, 5.74) is 1.59. The summed E-state index contributed by atoms with van der Waals surface area (Å²) >= 11 is 5.86. The summed E-state index contributed by atoms with van der Waals surface area (Å²) < 4.78 is 4.76. The summed E-state index contributed by atoms with van der Waals surface area (Å²) in [5.74, 6) is -0.410. The molecule has 0 heterocycles. The van der Waals surface area contributed by atoms with Crippen LogP contribution in [0.3, 0.4) is 0 Å². The van der Waals surface area contributed by atoms with Crippen molar-refractivity contribution in [3.05, 3.63) is 34.3 Å². The summed E-state index contributed by atoms with van der Waals surface area (Å²) in [6, 6.07) is 5.25. The third-order valence-corrected chi connectivity index (χ3v) is 2.33. The number of esters is 1. The highest BCUT2D eigenvalue weighted by Gasteiger charge is 2.14. The average molecular weight is 243 g/mol. The summed E-state index contributed by atoms with van der Waals surface area (Å²) in [5, 5.41) is 10.4. The molecule has 0 bridgehead atoms. The molecule has 0 spiro atoms. The number of aryl methyl sites for hydroxylation is 1. The molecular formula is C12H15ClO3. The molecule has 0 aliphatic heterocycles. The van der Waals surface area contributed by atoms with E-state index in [2.05, 4.69) is 0 Å². The molecule has 1 atom stereocenters. The van der Waals surface area contributed by atoms with Gasteiger partial charge in [-0.3, -0.25) is 4.79 Å². The number of carbonyl (C=O) groups is 1. The predicted octanol–water partition coefficient (Wildman–Crippen LogP) is 2.64. The highest BCUT2D eigenvalue weighted by molar-refractivity contribution is 6.30. The van der Waals surface area contributed by atoms with E-state index >= 15 is 0 Å². The molecule has 0 radical (unpaired) electrons. The first-order chi connectivity index (χ1) is 7.52. The summed E-state index contributed by atoms with van der Waals surface area (Å²) in [7, 11) is 0. The van der Waals surface area contributed by atoms with E-state index in [1.807, 2.05) is 6.92 Å². The normalized spacial score (nSPS) is 12.2.